The fourth-order valence-corrected chi connectivity index (χ4v) is 2.21. The molecule has 0 spiro atoms. The van der Waals surface area contributed by atoms with Crippen LogP contribution < -0.4 is 16.0 Å². The molecule has 1 aromatic carbocycles. The molecule has 0 radical (unpaired) electrons. The summed E-state index contributed by atoms with van der Waals surface area (Å²) in [5, 5.41) is 0. The quantitative estimate of drug-likeness (QED) is 0.511. The maximum atomic E-state index is 5.69. The van der Waals surface area contributed by atoms with Crippen LogP contribution in [0.3, 0.4) is 0 Å². The fourth-order valence-electron chi connectivity index (χ4n) is 2.21. The Balaban J connectivity index is 2.56. The Morgan fingerprint density at radius 1 is 1.15 bits per heavy atom. The lowest BCUT2D eigenvalue weighted by molar-refractivity contribution is 0.282. The van der Waals surface area contributed by atoms with E-state index in [0.717, 1.165) is 44.8 Å². The second kappa shape index (κ2) is 9.75. The van der Waals surface area contributed by atoms with Gasteiger partial charge in [0.25, 0.3) is 0 Å². The smallest absolute Gasteiger partial charge is 0.119 e. The molecule has 1 aromatic rings. The highest BCUT2D eigenvalue weighted by molar-refractivity contribution is 5.29. The van der Waals surface area contributed by atoms with E-state index >= 15 is 0 Å². The van der Waals surface area contributed by atoms with Gasteiger partial charge in [0.15, 0.2) is 0 Å². The summed E-state index contributed by atoms with van der Waals surface area (Å²) in [5.74, 6) is 6.62. The first-order valence-corrected chi connectivity index (χ1v) is 7.66. The van der Waals surface area contributed by atoms with Crippen molar-refractivity contribution in [1.29, 1.82) is 0 Å². The predicted molar refractivity (Wildman–Crippen MR) is 84.7 cm³/mol. The second-order valence-corrected chi connectivity index (χ2v) is 4.95. The minimum absolute atomic E-state index is 0.191. The van der Waals surface area contributed by atoms with E-state index in [1.165, 1.54) is 5.56 Å². The van der Waals surface area contributed by atoms with E-state index in [1.807, 2.05) is 12.1 Å². The van der Waals surface area contributed by atoms with Crippen LogP contribution in [0.5, 0.6) is 5.75 Å². The first-order chi connectivity index (χ1) is 9.74. The Kier molecular flexibility index (Phi) is 8.26. The van der Waals surface area contributed by atoms with Crippen molar-refractivity contribution >= 4 is 0 Å². The van der Waals surface area contributed by atoms with E-state index in [9.17, 15) is 0 Å². The van der Waals surface area contributed by atoms with Crippen molar-refractivity contribution in [2.75, 3.05) is 26.2 Å². The van der Waals surface area contributed by atoms with Crippen molar-refractivity contribution in [3.8, 4) is 5.75 Å². The van der Waals surface area contributed by atoms with Crippen LogP contribution in [0.2, 0.25) is 0 Å². The summed E-state index contributed by atoms with van der Waals surface area (Å²) < 4.78 is 5.60. The van der Waals surface area contributed by atoms with Gasteiger partial charge in [-0.25, -0.2) is 0 Å². The van der Waals surface area contributed by atoms with Gasteiger partial charge in [-0.05, 0) is 50.2 Å². The highest BCUT2D eigenvalue weighted by Crippen LogP contribution is 2.20. The number of hydrogen-bond acceptors (Lipinski definition) is 4. The Morgan fingerprint density at radius 2 is 1.80 bits per heavy atom. The van der Waals surface area contributed by atoms with Gasteiger partial charge in [0.2, 0.25) is 0 Å². The van der Waals surface area contributed by atoms with E-state index < -0.39 is 0 Å². The Hall–Kier alpha value is -1.10. The molecule has 0 aliphatic heterocycles. The van der Waals surface area contributed by atoms with Gasteiger partial charge in [0.1, 0.15) is 5.75 Å². The molecule has 0 aliphatic carbocycles. The van der Waals surface area contributed by atoms with Gasteiger partial charge in [0, 0.05) is 6.04 Å². The number of hydrazine groups is 1. The van der Waals surface area contributed by atoms with Crippen molar-refractivity contribution in [3.63, 3.8) is 0 Å². The molecular weight excluding hydrogens is 250 g/mol. The summed E-state index contributed by atoms with van der Waals surface area (Å²) in [7, 11) is 0. The number of hydrogen-bond donors (Lipinski definition) is 2. The summed E-state index contributed by atoms with van der Waals surface area (Å²) in [6.07, 6.45) is 2.03. The predicted octanol–water partition coefficient (Wildman–Crippen LogP) is 2.71. The largest absolute Gasteiger partial charge is 0.494 e. The monoisotopic (exact) mass is 279 g/mol. The number of nitrogens with one attached hydrogen (secondary N) is 1. The molecule has 4 heteroatoms. The summed E-state index contributed by atoms with van der Waals surface area (Å²) in [6, 6.07) is 8.42. The van der Waals surface area contributed by atoms with Crippen LogP contribution in [-0.2, 0) is 0 Å². The van der Waals surface area contributed by atoms with Gasteiger partial charge in [-0.1, -0.05) is 32.9 Å². The van der Waals surface area contributed by atoms with Crippen LogP contribution in [0.25, 0.3) is 0 Å². The standard InChI is InChI=1S/C16H29N3O/c1-4-13-20-15-9-7-14(8-10-15)16(18-17)11-12-19(5-2)6-3/h7-10,16,18H,4-6,11-13,17H2,1-3H3. The zero-order valence-corrected chi connectivity index (χ0v) is 13.1. The molecule has 114 valence electrons. The normalized spacial score (nSPS) is 12.7. The summed E-state index contributed by atoms with van der Waals surface area (Å²) in [6.45, 7) is 10.5. The van der Waals surface area contributed by atoms with Crippen molar-refractivity contribution < 1.29 is 4.74 Å². The Labute approximate surface area is 123 Å². The van der Waals surface area contributed by atoms with Crippen molar-refractivity contribution in [1.82, 2.24) is 10.3 Å². The third kappa shape index (κ3) is 5.49. The highest BCUT2D eigenvalue weighted by atomic mass is 16.5. The molecule has 0 amide bonds. The first kappa shape index (κ1) is 17.0. The van der Waals surface area contributed by atoms with E-state index in [1.54, 1.807) is 0 Å². The number of benzene rings is 1. The molecule has 1 unspecified atom stereocenters. The van der Waals surface area contributed by atoms with Crippen LogP contribution in [-0.4, -0.2) is 31.1 Å². The van der Waals surface area contributed by atoms with Gasteiger partial charge in [-0.2, -0.15) is 0 Å². The zero-order chi connectivity index (χ0) is 14.8. The average Bonchev–Trinajstić information content (AvgIpc) is 2.50. The molecule has 20 heavy (non-hydrogen) atoms. The molecular formula is C16H29N3O. The van der Waals surface area contributed by atoms with E-state index in [0.29, 0.717) is 0 Å². The topological polar surface area (TPSA) is 50.5 Å². The van der Waals surface area contributed by atoms with Crippen LogP contribution in [0.4, 0.5) is 0 Å². The molecule has 4 nitrogen and oxygen atoms in total. The molecule has 0 aromatic heterocycles. The molecule has 1 rings (SSSR count). The van der Waals surface area contributed by atoms with Gasteiger partial charge in [-0.3, -0.25) is 11.3 Å². The number of nitrogens with two attached hydrogens (primary N) is 1. The van der Waals surface area contributed by atoms with Crippen LogP contribution in [0, 0.1) is 0 Å². The lowest BCUT2D eigenvalue weighted by Gasteiger charge is -2.22. The lowest BCUT2D eigenvalue weighted by Crippen LogP contribution is -2.32. The van der Waals surface area contributed by atoms with Crippen LogP contribution in [0.1, 0.15) is 45.2 Å². The van der Waals surface area contributed by atoms with Crippen molar-refractivity contribution in [3.05, 3.63) is 29.8 Å². The average molecular weight is 279 g/mol. The third-order valence-electron chi connectivity index (χ3n) is 3.58. The SMILES string of the molecule is CCCOc1ccc(C(CCN(CC)CC)NN)cc1. The zero-order valence-electron chi connectivity index (χ0n) is 13.1. The second-order valence-electron chi connectivity index (χ2n) is 4.95. The minimum Gasteiger partial charge on any atom is -0.494 e. The summed E-state index contributed by atoms with van der Waals surface area (Å²) >= 11 is 0. The Bertz CT molecular complexity index is 349. The van der Waals surface area contributed by atoms with E-state index in [2.05, 4.69) is 43.2 Å². The van der Waals surface area contributed by atoms with E-state index in [4.69, 9.17) is 10.6 Å². The maximum absolute atomic E-state index is 5.69. The number of rotatable bonds is 10. The first-order valence-electron chi connectivity index (χ1n) is 7.66. The molecule has 0 saturated carbocycles. The van der Waals surface area contributed by atoms with Crippen molar-refractivity contribution in [2.24, 2.45) is 5.84 Å². The molecule has 0 aliphatic rings. The van der Waals surface area contributed by atoms with Gasteiger partial charge < -0.3 is 9.64 Å². The molecule has 1 atom stereocenters. The molecule has 3 N–H and O–H groups in total. The van der Waals surface area contributed by atoms with Crippen LogP contribution >= 0.6 is 0 Å². The minimum atomic E-state index is 0.191. The lowest BCUT2D eigenvalue weighted by atomic mass is 10.0. The van der Waals surface area contributed by atoms with Crippen LogP contribution in [0.15, 0.2) is 24.3 Å². The van der Waals surface area contributed by atoms with E-state index in [-0.39, 0.29) is 6.04 Å². The molecule has 0 heterocycles. The molecule has 0 fully saturated rings. The fraction of sp³-hybridized carbons (Fsp3) is 0.625. The Morgan fingerprint density at radius 3 is 2.30 bits per heavy atom. The van der Waals surface area contributed by atoms with Crippen molar-refractivity contribution in [2.45, 2.75) is 39.7 Å². The van der Waals surface area contributed by atoms with Gasteiger partial charge >= 0.3 is 0 Å². The summed E-state index contributed by atoms with van der Waals surface area (Å²) in [4.78, 5) is 2.41. The highest BCUT2D eigenvalue weighted by Gasteiger charge is 2.11. The maximum Gasteiger partial charge on any atom is 0.119 e. The molecule has 0 bridgehead atoms. The van der Waals surface area contributed by atoms with Gasteiger partial charge in [0.05, 0.1) is 6.61 Å². The number of ether oxygens (including phenoxy) is 1. The van der Waals surface area contributed by atoms with Gasteiger partial charge in [-0.15, -0.1) is 0 Å². The number of nitrogens with zero attached hydrogens (tertiary/aromatic N) is 1. The third-order valence-corrected chi connectivity index (χ3v) is 3.58. The summed E-state index contributed by atoms with van der Waals surface area (Å²) in [5.41, 5.74) is 4.13. The molecule has 0 saturated heterocycles.